The van der Waals surface area contributed by atoms with E-state index in [0.717, 1.165) is 33.5 Å². The molecule has 0 bridgehead atoms. The van der Waals surface area contributed by atoms with Crippen LogP contribution >= 0.6 is 0 Å². The molecule has 0 saturated heterocycles. The van der Waals surface area contributed by atoms with E-state index in [0.29, 0.717) is 17.1 Å². The molecule has 0 N–H and O–H groups in total. The Hall–Kier alpha value is -6.32. The van der Waals surface area contributed by atoms with Gasteiger partial charge in [-0.1, -0.05) is 145 Å². The van der Waals surface area contributed by atoms with Gasteiger partial charge in [-0.25, -0.2) is 9.97 Å². The standard InChI is InChI=1S/C44H28N2O/c1-3-9-29(10-4-1)30-17-21-32(22-18-30)39-28-40(46-44(45-39)35-11-5-2-6-12-35)33-23-19-31(20-24-33)36-25-26-41-38(27-36)37-15-7-13-34-14-8-16-42(47-41)43(34)37/h1-28H/i7D,8D,13D,14D,15D,16D,25D,26D,27D. The van der Waals surface area contributed by atoms with Crippen molar-refractivity contribution in [2.24, 2.45) is 0 Å². The van der Waals surface area contributed by atoms with Gasteiger partial charge in [-0.15, -0.1) is 0 Å². The van der Waals surface area contributed by atoms with Crippen molar-refractivity contribution in [3.8, 4) is 78.8 Å². The summed E-state index contributed by atoms with van der Waals surface area (Å²) in [6.07, 6.45) is 0. The van der Waals surface area contributed by atoms with Gasteiger partial charge in [0, 0.05) is 27.6 Å². The summed E-state index contributed by atoms with van der Waals surface area (Å²) in [5, 5.41) is -0.134. The monoisotopic (exact) mass is 609 g/mol. The van der Waals surface area contributed by atoms with Crippen LogP contribution in [0.2, 0.25) is 0 Å². The molecule has 0 spiro atoms. The van der Waals surface area contributed by atoms with E-state index in [1.54, 1.807) is 12.1 Å². The molecule has 1 aliphatic heterocycles. The molecule has 0 fully saturated rings. The van der Waals surface area contributed by atoms with E-state index < -0.39 is 42.3 Å². The fourth-order valence-corrected chi connectivity index (χ4v) is 5.83. The van der Waals surface area contributed by atoms with E-state index in [9.17, 15) is 1.37 Å². The number of hydrogen-bond donors (Lipinski definition) is 0. The SMILES string of the molecule is [2H]c1c([2H])c(-c2ccc(-c3cc(-c4ccc(-c5ccccc5)cc4)nc(-c4ccccc4)n3)cc2)c([2H])c2c1Oc1c([2H])c([2H])c([2H])c3c([2H])c([2H])c([2H])c-2c13. The van der Waals surface area contributed by atoms with Gasteiger partial charge >= 0.3 is 0 Å². The summed E-state index contributed by atoms with van der Waals surface area (Å²) in [5.74, 6) is 0.0597. The first-order valence-electron chi connectivity index (χ1n) is 19.6. The number of ether oxygens (including phenoxy) is 1. The highest BCUT2D eigenvalue weighted by Gasteiger charge is 2.20. The van der Waals surface area contributed by atoms with E-state index in [4.69, 9.17) is 25.7 Å². The van der Waals surface area contributed by atoms with Crippen molar-refractivity contribution in [2.45, 2.75) is 0 Å². The molecule has 0 saturated carbocycles. The molecule has 3 heteroatoms. The van der Waals surface area contributed by atoms with Crippen molar-refractivity contribution in [3.05, 3.63) is 170 Å². The Morgan fingerprint density at radius 2 is 1.00 bits per heavy atom. The molecule has 8 aromatic rings. The molecule has 220 valence electrons. The van der Waals surface area contributed by atoms with Crippen LogP contribution < -0.4 is 4.74 Å². The zero-order valence-electron chi connectivity index (χ0n) is 33.8. The summed E-state index contributed by atoms with van der Waals surface area (Å²) in [4.78, 5) is 9.87. The van der Waals surface area contributed by atoms with Gasteiger partial charge in [0.15, 0.2) is 5.82 Å². The molecular formula is C44H28N2O. The molecular weight excluding hydrogens is 572 g/mol. The lowest BCUT2D eigenvalue weighted by Crippen LogP contribution is -1.97. The van der Waals surface area contributed by atoms with Crippen molar-refractivity contribution in [3.63, 3.8) is 0 Å². The maximum absolute atomic E-state index is 9.38. The summed E-state index contributed by atoms with van der Waals surface area (Å²) in [7, 11) is 0. The Bertz CT molecular complexity index is 2900. The lowest BCUT2D eigenvalue weighted by atomic mass is 9.92. The van der Waals surface area contributed by atoms with E-state index in [-0.39, 0.29) is 51.0 Å². The van der Waals surface area contributed by atoms with E-state index >= 15 is 0 Å². The quantitative estimate of drug-likeness (QED) is 0.195. The maximum Gasteiger partial charge on any atom is 0.160 e. The lowest BCUT2D eigenvalue weighted by Gasteiger charge is -2.22. The number of rotatable bonds is 5. The summed E-state index contributed by atoms with van der Waals surface area (Å²) in [5.41, 5.74) is 6.52. The normalized spacial score (nSPS) is 14.3. The van der Waals surface area contributed by atoms with Gasteiger partial charge in [-0.05, 0) is 57.4 Å². The van der Waals surface area contributed by atoms with Gasteiger partial charge in [-0.3, -0.25) is 0 Å². The van der Waals surface area contributed by atoms with Gasteiger partial charge in [-0.2, -0.15) is 0 Å². The number of aromatic nitrogens is 2. The number of hydrogen-bond acceptors (Lipinski definition) is 3. The predicted molar refractivity (Wildman–Crippen MR) is 192 cm³/mol. The van der Waals surface area contributed by atoms with Crippen molar-refractivity contribution in [2.75, 3.05) is 0 Å². The highest BCUT2D eigenvalue weighted by molar-refractivity contribution is 6.04. The minimum atomic E-state index is -0.527. The third kappa shape index (κ3) is 4.95. The van der Waals surface area contributed by atoms with Crippen molar-refractivity contribution in [1.82, 2.24) is 9.97 Å². The molecule has 2 heterocycles. The first kappa shape index (κ1) is 19.3. The second kappa shape index (κ2) is 11.2. The van der Waals surface area contributed by atoms with Crippen LogP contribution in [0.4, 0.5) is 0 Å². The molecule has 9 rings (SSSR count). The minimum absolute atomic E-state index is 0.00456. The Kier molecular flexibility index (Phi) is 4.60. The lowest BCUT2D eigenvalue weighted by molar-refractivity contribution is 0.487. The smallest absolute Gasteiger partial charge is 0.160 e. The first-order chi connectivity index (χ1) is 27.0. The Labute approximate surface area is 286 Å². The fraction of sp³-hybridized carbons (Fsp3) is 0. The Balaban J connectivity index is 1.17. The van der Waals surface area contributed by atoms with Gasteiger partial charge in [0.25, 0.3) is 0 Å². The van der Waals surface area contributed by atoms with Gasteiger partial charge in [0.1, 0.15) is 11.5 Å². The third-order valence-electron chi connectivity index (χ3n) is 8.21. The van der Waals surface area contributed by atoms with Crippen LogP contribution in [0.1, 0.15) is 12.3 Å². The predicted octanol–water partition coefficient (Wildman–Crippen LogP) is 11.7. The molecule has 0 aliphatic carbocycles. The van der Waals surface area contributed by atoms with Crippen LogP contribution in [-0.4, -0.2) is 9.97 Å². The molecule has 0 unspecified atom stereocenters. The van der Waals surface area contributed by atoms with Crippen LogP contribution in [0.3, 0.4) is 0 Å². The maximum atomic E-state index is 9.38. The summed E-state index contributed by atoms with van der Waals surface area (Å²) >= 11 is 0. The van der Waals surface area contributed by atoms with Crippen molar-refractivity contribution < 1.29 is 17.1 Å². The summed E-state index contributed by atoms with van der Waals surface area (Å²) < 4.78 is 84.6. The zero-order valence-corrected chi connectivity index (χ0v) is 24.8. The van der Waals surface area contributed by atoms with Crippen LogP contribution in [0.25, 0.3) is 78.1 Å². The average Bonchev–Trinajstić information content (AvgIpc) is 3.24. The van der Waals surface area contributed by atoms with E-state index in [1.165, 1.54) is 0 Å². The second-order valence-electron chi connectivity index (χ2n) is 11.1. The molecule has 0 amide bonds. The zero-order chi connectivity index (χ0) is 39.0. The third-order valence-corrected chi connectivity index (χ3v) is 8.21. The van der Waals surface area contributed by atoms with Gasteiger partial charge in [0.05, 0.1) is 23.7 Å². The molecule has 47 heavy (non-hydrogen) atoms. The number of nitrogens with zero attached hydrogens (tertiary/aromatic N) is 2. The summed E-state index contributed by atoms with van der Waals surface area (Å²) in [6, 6.07) is 33.2. The van der Waals surface area contributed by atoms with Crippen LogP contribution in [0.5, 0.6) is 11.5 Å². The molecule has 0 radical (unpaired) electrons. The number of benzene rings is 7. The highest BCUT2D eigenvalue weighted by atomic mass is 16.5. The second-order valence-corrected chi connectivity index (χ2v) is 11.1. The Morgan fingerprint density at radius 3 is 1.66 bits per heavy atom. The largest absolute Gasteiger partial charge is 0.456 e. The first-order valence-corrected chi connectivity index (χ1v) is 15.1. The van der Waals surface area contributed by atoms with E-state index in [1.807, 2.05) is 78.9 Å². The molecule has 7 aromatic carbocycles. The average molecular weight is 610 g/mol. The van der Waals surface area contributed by atoms with Crippen LogP contribution in [0.15, 0.2) is 170 Å². The summed E-state index contributed by atoms with van der Waals surface area (Å²) in [6.45, 7) is 0. The highest BCUT2D eigenvalue weighted by Crippen LogP contribution is 2.47. The van der Waals surface area contributed by atoms with Gasteiger partial charge in [0.2, 0.25) is 0 Å². The molecule has 0 atom stereocenters. The van der Waals surface area contributed by atoms with E-state index in [2.05, 4.69) is 24.3 Å². The van der Waals surface area contributed by atoms with Crippen LogP contribution in [0, 0.1) is 0 Å². The van der Waals surface area contributed by atoms with Gasteiger partial charge < -0.3 is 4.74 Å². The Morgan fingerprint density at radius 1 is 0.447 bits per heavy atom. The van der Waals surface area contributed by atoms with Crippen molar-refractivity contribution in [1.29, 1.82) is 0 Å². The van der Waals surface area contributed by atoms with Crippen LogP contribution in [-0.2, 0) is 0 Å². The molecule has 1 aromatic heterocycles. The topological polar surface area (TPSA) is 35.0 Å². The fourth-order valence-electron chi connectivity index (χ4n) is 5.83. The minimum Gasteiger partial charge on any atom is -0.456 e. The number of fused-ring (bicyclic) bond motifs is 2. The molecule has 3 nitrogen and oxygen atoms in total. The molecule has 1 aliphatic rings. The van der Waals surface area contributed by atoms with Crippen molar-refractivity contribution >= 4 is 10.8 Å².